The highest BCUT2D eigenvalue weighted by Crippen LogP contribution is 2.37. The maximum atomic E-state index is 13.8. The number of carbonyl (C=O) groups is 1. The molecule has 0 bridgehead atoms. The van der Waals surface area contributed by atoms with E-state index in [9.17, 15) is 14.9 Å². The number of ether oxygens (including phenoxy) is 3. The Kier molecular flexibility index (Phi) is 8.01. The largest absolute Gasteiger partial charge is 0.493 e. The monoisotopic (exact) mass is 520 g/mol. The van der Waals surface area contributed by atoms with Crippen LogP contribution in [0.2, 0.25) is 5.02 Å². The van der Waals surface area contributed by atoms with Crippen molar-refractivity contribution in [2.75, 3.05) is 58.5 Å². The number of anilines is 1. The summed E-state index contributed by atoms with van der Waals surface area (Å²) < 4.78 is 16.7. The summed E-state index contributed by atoms with van der Waals surface area (Å²) in [6.45, 7) is 4.11. The van der Waals surface area contributed by atoms with Gasteiger partial charge in [-0.15, -0.1) is 0 Å². The van der Waals surface area contributed by atoms with E-state index in [2.05, 4.69) is 9.88 Å². The number of fused-ring (bicyclic) bond motifs is 1. The first-order chi connectivity index (χ1) is 16.9. The number of morpholine rings is 1. The molecule has 1 aliphatic heterocycles. The van der Waals surface area contributed by atoms with Crippen LogP contribution in [0.3, 0.4) is 0 Å². The van der Waals surface area contributed by atoms with E-state index in [0.29, 0.717) is 41.9 Å². The summed E-state index contributed by atoms with van der Waals surface area (Å²) in [6.07, 6.45) is 0.656. The summed E-state index contributed by atoms with van der Waals surface area (Å²) in [7, 11) is 2.79. The summed E-state index contributed by atoms with van der Waals surface area (Å²) in [4.78, 5) is 33.4. The fourth-order valence-electron chi connectivity index (χ4n) is 3.90. The van der Waals surface area contributed by atoms with Crippen molar-refractivity contribution in [3.05, 3.63) is 51.0 Å². The fraction of sp³-hybridized carbons (Fsp3) is 0.391. The predicted octanol–water partition coefficient (Wildman–Crippen LogP) is 4.24. The van der Waals surface area contributed by atoms with Crippen LogP contribution < -0.4 is 14.4 Å². The number of aromatic nitrogens is 1. The van der Waals surface area contributed by atoms with Crippen molar-refractivity contribution >= 4 is 49.9 Å². The Balaban J connectivity index is 1.70. The highest BCUT2D eigenvalue weighted by molar-refractivity contribution is 7.22. The number of nitro groups is 1. The van der Waals surface area contributed by atoms with Gasteiger partial charge in [-0.25, -0.2) is 4.98 Å². The zero-order valence-electron chi connectivity index (χ0n) is 19.4. The van der Waals surface area contributed by atoms with Crippen molar-refractivity contribution in [1.82, 2.24) is 9.88 Å². The molecule has 0 unspecified atom stereocenters. The molecule has 3 aromatic rings. The second kappa shape index (κ2) is 11.2. The van der Waals surface area contributed by atoms with Crippen LogP contribution in [0.5, 0.6) is 11.5 Å². The Morgan fingerprint density at radius 2 is 1.94 bits per heavy atom. The molecule has 12 heteroatoms. The second-order valence-corrected chi connectivity index (χ2v) is 9.30. The SMILES string of the molecule is COc1cc(C(=O)N(CCCN2CCOCC2)c2nc3ccc(Cl)cc3s2)c([N+](=O)[O-])cc1OC. The fourth-order valence-corrected chi connectivity index (χ4v) is 5.17. The van der Waals surface area contributed by atoms with Crippen molar-refractivity contribution in [3.63, 3.8) is 0 Å². The van der Waals surface area contributed by atoms with Crippen LogP contribution in [0.25, 0.3) is 10.2 Å². The topological polar surface area (TPSA) is 107 Å². The van der Waals surface area contributed by atoms with E-state index in [4.69, 9.17) is 25.8 Å². The Morgan fingerprint density at radius 3 is 2.63 bits per heavy atom. The molecule has 2 heterocycles. The maximum absolute atomic E-state index is 13.8. The summed E-state index contributed by atoms with van der Waals surface area (Å²) in [5, 5.41) is 12.9. The Hall–Kier alpha value is -2.99. The van der Waals surface area contributed by atoms with Gasteiger partial charge in [-0.05, 0) is 24.6 Å². The normalized spacial score (nSPS) is 14.1. The molecule has 0 aliphatic carbocycles. The van der Waals surface area contributed by atoms with Gasteiger partial charge >= 0.3 is 0 Å². The summed E-state index contributed by atoms with van der Waals surface area (Å²) in [5.41, 5.74) is 0.230. The molecular weight excluding hydrogens is 496 g/mol. The van der Waals surface area contributed by atoms with Crippen molar-refractivity contribution in [2.24, 2.45) is 0 Å². The van der Waals surface area contributed by atoms with E-state index < -0.39 is 10.8 Å². The first-order valence-electron chi connectivity index (χ1n) is 11.0. The minimum Gasteiger partial charge on any atom is -0.493 e. The van der Waals surface area contributed by atoms with Gasteiger partial charge in [0, 0.05) is 37.3 Å². The zero-order chi connectivity index (χ0) is 24.9. The Bertz CT molecular complexity index is 1230. The minimum atomic E-state index is -0.598. The van der Waals surface area contributed by atoms with Crippen LogP contribution in [0.4, 0.5) is 10.8 Å². The molecular formula is C23H25ClN4O6S. The molecule has 1 saturated heterocycles. The first-order valence-corrected chi connectivity index (χ1v) is 12.2. The van der Waals surface area contributed by atoms with Gasteiger partial charge in [0.15, 0.2) is 16.6 Å². The molecule has 186 valence electrons. The Labute approximate surface area is 211 Å². The smallest absolute Gasteiger partial charge is 0.286 e. The zero-order valence-corrected chi connectivity index (χ0v) is 20.9. The van der Waals surface area contributed by atoms with Gasteiger partial charge in [-0.1, -0.05) is 22.9 Å². The average molecular weight is 521 g/mol. The van der Waals surface area contributed by atoms with E-state index in [1.807, 2.05) is 0 Å². The molecule has 1 amide bonds. The highest BCUT2D eigenvalue weighted by atomic mass is 35.5. The summed E-state index contributed by atoms with van der Waals surface area (Å²) >= 11 is 7.45. The van der Waals surface area contributed by atoms with Crippen LogP contribution in [0.1, 0.15) is 16.8 Å². The standard InChI is InChI=1S/C23H25ClN4O6S/c1-32-19-13-16(18(28(30)31)14-20(19)33-2)22(29)27(7-3-6-26-8-10-34-11-9-26)23-25-17-5-4-15(24)12-21(17)35-23/h4-5,12-14H,3,6-11H2,1-2H3. The Morgan fingerprint density at radius 1 is 1.23 bits per heavy atom. The predicted molar refractivity (Wildman–Crippen MR) is 134 cm³/mol. The molecule has 4 rings (SSSR count). The number of thiazole rings is 1. The number of rotatable bonds is 9. The molecule has 10 nitrogen and oxygen atoms in total. The average Bonchev–Trinajstić information content (AvgIpc) is 3.28. The molecule has 1 aliphatic rings. The van der Waals surface area contributed by atoms with Crippen molar-refractivity contribution in [2.45, 2.75) is 6.42 Å². The van der Waals surface area contributed by atoms with Gasteiger partial charge < -0.3 is 14.2 Å². The maximum Gasteiger partial charge on any atom is 0.286 e. The van der Waals surface area contributed by atoms with E-state index in [0.717, 1.165) is 24.3 Å². The molecule has 2 aromatic carbocycles. The van der Waals surface area contributed by atoms with Crippen molar-refractivity contribution < 1.29 is 23.9 Å². The van der Waals surface area contributed by atoms with Crippen LogP contribution >= 0.6 is 22.9 Å². The third-order valence-electron chi connectivity index (χ3n) is 5.70. The summed E-state index contributed by atoms with van der Waals surface area (Å²) in [5.74, 6) is -0.139. The molecule has 0 radical (unpaired) electrons. The minimum absolute atomic E-state index is 0.101. The van der Waals surface area contributed by atoms with E-state index in [-0.39, 0.29) is 22.7 Å². The van der Waals surface area contributed by atoms with Gasteiger partial charge in [-0.2, -0.15) is 0 Å². The number of benzene rings is 2. The lowest BCUT2D eigenvalue weighted by molar-refractivity contribution is -0.385. The number of carbonyl (C=O) groups excluding carboxylic acids is 1. The highest BCUT2D eigenvalue weighted by Gasteiger charge is 2.30. The van der Waals surface area contributed by atoms with Gasteiger partial charge in [0.2, 0.25) is 0 Å². The van der Waals surface area contributed by atoms with Gasteiger partial charge in [0.05, 0.1) is 48.6 Å². The van der Waals surface area contributed by atoms with Crippen molar-refractivity contribution in [3.8, 4) is 11.5 Å². The van der Waals surface area contributed by atoms with Crippen LogP contribution in [0.15, 0.2) is 30.3 Å². The number of hydrogen-bond acceptors (Lipinski definition) is 9. The third kappa shape index (κ3) is 5.64. The first kappa shape index (κ1) is 25.1. The van der Waals surface area contributed by atoms with E-state index in [1.54, 1.807) is 18.2 Å². The van der Waals surface area contributed by atoms with Crippen molar-refractivity contribution in [1.29, 1.82) is 0 Å². The molecule has 0 atom stereocenters. The molecule has 0 spiro atoms. The van der Waals surface area contributed by atoms with Crippen LogP contribution in [-0.2, 0) is 4.74 Å². The quantitative estimate of drug-likeness (QED) is 0.304. The van der Waals surface area contributed by atoms with Crippen LogP contribution in [0, 0.1) is 10.1 Å². The second-order valence-electron chi connectivity index (χ2n) is 7.85. The molecule has 0 N–H and O–H groups in total. The lowest BCUT2D eigenvalue weighted by Gasteiger charge is -2.27. The van der Waals surface area contributed by atoms with E-state index in [1.165, 1.54) is 42.6 Å². The molecule has 1 aromatic heterocycles. The van der Waals surface area contributed by atoms with E-state index >= 15 is 0 Å². The number of amides is 1. The molecule has 35 heavy (non-hydrogen) atoms. The number of nitro benzene ring substituents is 1. The lowest BCUT2D eigenvalue weighted by atomic mass is 10.1. The van der Waals surface area contributed by atoms with Gasteiger partial charge in [-0.3, -0.25) is 24.7 Å². The van der Waals surface area contributed by atoms with Gasteiger partial charge in [0.25, 0.3) is 11.6 Å². The number of nitrogens with zero attached hydrogens (tertiary/aromatic N) is 4. The lowest BCUT2D eigenvalue weighted by Crippen LogP contribution is -2.39. The van der Waals surface area contributed by atoms with Gasteiger partial charge in [0.1, 0.15) is 5.56 Å². The number of halogens is 1. The number of methoxy groups -OCH3 is 2. The van der Waals surface area contributed by atoms with Crippen LogP contribution in [-0.4, -0.2) is 74.3 Å². The molecule has 0 saturated carbocycles. The third-order valence-corrected chi connectivity index (χ3v) is 6.98. The number of hydrogen-bond donors (Lipinski definition) is 0. The molecule has 1 fully saturated rings. The summed E-state index contributed by atoms with van der Waals surface area (Å²) in [6, 6.07) is 7.85.